The number of amides is 1. The van der Waals surface area contributed by atoms with E-state index < -0.39 is 5.60 Å². The minimum atomic E-state index is -0.438. The van der Waals surface area contributed by atoms with Crippen LogP contribution in [0.4, 0.5) is 4.79 Å². The molecule has 1 aliphatic heterocycles. The van der Waals surface area contributed by atoms with Crippen LogP contribution in [0.1, 0.15) is 58.4 Å². The molecule has 22 heavy (non-hydrogen) atoms. The number of ether oxygens (including phenoxy) is 1. The lowest BCUT2D eigenvalue weighted by Crippen LogP contribution is -2.51. The highest BCUT2D eigenvalue weighted by atomic mass is 32.1. The number of nitrogens with zero attached hydrogens (tertiary/aromatic N) is 2. The molecular weight excluding hydrogens is 298 g/mol. The molecule has 1 aromatic heterocycles. The van der Waals surface area contributed by atoms with Crippen molar-refractivity contribution in [2.75, 3.05) is 6.54 Å². The highest BCUT2D eigenvalue weighted by Crippen LogP contribution is 2.24. The fraction of sp³-hybridized carbons (Fsp3) is 0.750. The molecule has 0 radical (unpaired) electrons. The van der Waals surface area contributed by atoms with E-state index in [1.807, 2.05) is 37.4 Å². The first-order chi connectivity index (χ1) is 10.3. The van der Waals surface area contributed by atoms with E-state index in [-0.39, 0.29) is 12.1 Å². The van der Waals surface area contributed by atoms with Crippen molar-refractivity contribution < 1.29 is 9.53 Å². The van der Waals surface area contributed by atoms with Crippen molar-refractivity contribution in [3.05, 3.63) is 16.6 Å². The van der Waals surface area contributed by atoms with Crippen molar-refractivity contribution in [2.45, 2.75) is 71.2 Å². The van der Waals surface area contributed by atoms with E-state index in [1.54, 1.807) is 11.3 Å². The number of aromatic nitrogens is 1. The molecule has 5 nitrogen and oxygen atoms in total. The molecule has 1 amide bonds. The summed E-state index contributed by atoms with van der Waals surface area (Å²) in [6.07, 6.45) is 3.62. The standard InChI is InChI=1S/C16H27N3O2S/c1-11-8-13(18-12(2)14-9-17-10-22-14)6-7-19(11)15(20)21-16(3,4)5/h9-13,18H,6-8H2,1-5H3. The first-order valence-electron chi connectivity index (χ1n) is 7.90. The largest absolute Gasteiger partial charge is 0.444 e. The van der Waals surface area contributed by atoms with Crippen LogP contribution in [0.3, 0.4) is 0 Å². The lowest BCUT2D eigenvalue weighted by atomic mass is 9.98. The van der Waals surface area contributed by atoms with Gasteiger partial charge in [-0.25, -0.2) is 4.79 Å². The van der Waals surface area contributed by atoms with Crippen LogP contribution >= 0.6 is 11.3 Å². The lowest BCUT2D eigenvalue weighted by molar-refractivity contribution is 0.00907. The summed E-state index contributed by atoms with van der Waals surface area (Å²) in [5.74, 6) is 0. The molecule has 3 atom stereocenters. The van der Waals surface area contributed by atoms with Crippen LogP contribution in [-0.4, -0.2) is 40.2 Å². The molecule has 0 spiro atoms. The summed E-state index contributed by atoms with van der Waals surface area (Å²) in [4.78, 5) is 19.4. The van der Waals surface area contributed by atoms with Crippen LogP contribution in [0.5, 0.6) is 0 Å². The summed E-state index contributed by atoms with van der Waals surface area (Å²) in [5.41, 5.74) is 1.42. The highest BCUT2D eigenvalue weighted by molar-refractivity contribution is 7.09. The molecule has 1 aliphatic rings. The minimum absolute atomic E-state index is 0.190. The van der Waals surface area contributed by atoms with Crippen LogP contribution in [0, 0.1) is 0 Å². The Bertz CT molecular complexity index is 484. The van der Waals surface area contributed by atoms with Gasteiger partial charge < -0.3 is 15.0 Å². The number of likely N-dealkylation sites (tertiary alicyclic amines) is 1. The Morgan fingerprint density at radius 1 is 1.55 bits per heavy atom. The van der Waals surface area contributed by atoms with E-state index in [0.717, 1.165) is 19.4 Å². The van der Waals surface area contributed by atoms with E-state index in [2.05, 4.69) is 24.1 Å². The Morgan fingerprint density at radius 3 is 2.82 bits per heavy atom. The second kappa shape index (κ2) is 6.96. The molecule has 1 N–H and O–H groups in total. The predicted octanol–water partition coefficient (Wildman–Crippen LogP) is 3.58. The van der Waals surface area contributed by atoms with Gasteiger partial charge in [-0.3, -0.25) is 4.98 Å². The van der Waals surface area contributed by atoms with Gasteiger partial charge in [-0.05, 0) is 47.5 Å². The first-order valence-corrected chi connectivity index (χ1v) is 8.78. The number of hydrogen-bond donors (Lipinski definition) is 1. The zero-order chi connectivity index (χ0) is 16.3. The number of rotatable bonds is 3. The van der Waals surface area contributed by atoms with Gasteiger partial charge >= 0.3 is 6.09 Å². The minimum Gasteiger partial charge on any atom is -0.444 e. The molecule has 0 saturated carbocycles. The number of carbonyl (C=O) groups excluding carboxylic acids is 1. The second-order valence-corrected chi connectivity index (χ2v) is 7.95. The average Bonchev–Trinajstić information content (AvgIpc) is 2.90. The maximum absolute atomic E-state index is 12.2. The maximum Gasteiger partial charge on any atom is 0.410 e. The smallest absolute Gasteiger partial charge is 0.410 e. The molecule has 1 fully saturated rings. The van der Waals surface area contributed by atoms with E-state index in [9.17, 15) is 4.79 Å². The van der Waals surface area contributed by atoms with E-state index in [1.165, 1.54) is 4.88 Å². The SMILES string of the molecule is CC(NC1CCN(C(=O)OC(C)(C)C)C(C)C1)c1cncs1. The molecule has 124 valence electrons. The van der Waals surface area contributed by atoms with Gasteiger partial charge in [-0.1, -0.05) is 0 Å². The third kappa shape index (κ3) is 4.68. The summed E-state index contributed by atoms with van der Waals surface area (Å²) in [5, 5.41) is 3.65. The Labute approximate surface area is 137 Å². The van der Waals surface area contributed by atoms with E-state index in [0.29, 0.717) is 12.1 Å². The summed E-state index contributed by atoms with van der Waals surface area (Å²) in [7, 11) is 0. The average molecular weight is 325 g/mol. The van der Waals surface area contributed by atoms with Gasteiger partial charge in [0.1, 0.15) is 5.60 Å². The van der Waals surface area contributed by atoms with Gasteiger partial charge in [0.2, 0.25) is 0 Å². The third-order valence-electron chi connectivity index (χ3n) is 3.87. The Kier molecular flexibility index (Phi) is 5.45. The van der Waals surface area contributed by atoms with Crippen molar-refractivity contribution in [3.8, 4) is 0 Å². The van der Waals surface area contributed by atoms with Crippen molar-refractivity contribution in [3.63, 3.8) is 0 Å². The van der Waals surface area contributed by atoms with Gasteiger partial charge in [-0.15, -0.1) is 11.3 Å². The van der Waals surface area contributed by atoms with Crippen LogP contribution in [-0.2, 0) is 4.74 Å². The first kappa shape index (κ1) is 17.2. The molecule has 2 heterocycles. The molecule has 0 bridgehead atoms. The zero-order valence-corrected chi connectivity index (χ0v) is 14.9. The van der Waals surface area contributed by atoms with E-state index in [4.69, 9.17) is 4.74 Å². The predicted molar refractivity (Wildman–Crippen MR) is 89.1 cm³/mol. The Balaban J connectivity index is 1.86. The molecule has 1 saturated heterocycles. The van der Waals surface area contributed by atoms with Gasteiger partial charge in [0.15, 0.2) is 0 Å². The molecule has 3 unspecified atom stereocenters. The summed E-state index contributed by atoms with van der Waals surface area (Å²) < 4.78 is 5.48. The van der Waals surface area contributed by atoms with Crippen LogP contribution in [0.2, 0.25) is 0 Å². The van der Waals surface area contributed by atoms with Crippen molar-refractivity contribution in [2.24, 2.45) is 0 Å². The number of thiazole rings is 1. The van der Waals surface area contributed by atoms with Crippen molar-refractivity contribution >= 4 is 17.4 Å². The molecular formula is C16H27N3O2S. The Hall–Kier alpha value is -1.14. The Morgan fingerprint density at radius 2 is 2.27 bits per heavy atom. The maximum atomic E-state index is 12.2. The molecule has 0 aromatic carbocycles. The van der Waals surface area contributed by atoms with Crippen LogP contribution in [0.25, 0.3) is 0 Å². The van der Waals surface area contributed by atoms with Crippen LogP contribution < -0.4 is 5.32 Å². The third-order valence-corrected chi connectivity index (χ3v) is 4.83. The lowest BCUT2D eigenvalue weighted by Gasteiger charge is -2.39. The zero-order valence-electron chi connectivity index (χ0n) is 14.1. The van der Waals surface area contributed by atoms with Crippen molar-refractivity contribution in [1.29, 1.82) is 0 Å². The van der Waals surface area contributed by atoms with Gasteiger partial charge in [0, 0.05) is 35.7 Å². The van der Waals surface area contributed by atoms with Gasteiger partial charge in [-0.2, -0.15) is 0 Å². The molecule has 2 rings (SSSR count). The second-order valence-electron chi connectivity index (χ2n) is 7.04. The fourth-order valence-corrected chi connectivity index (χ4v) is 3.43. The topological polar surface area (TPSA) is 54.5 Å². The van der Waals surface area contributed by atoms with Gasteiger partial charge in [0.25, 0.3) is 0 Å². The molecule has 0 aliphatic carbocycles. The number of piperidine rings is 1. The molecule has 6 heteroatoms. The fourth-order valence-electron chi connectivity index (χ4n) is 2.79. The van der Waals surface area contributed by atoms with E-state index >= 15 is 0 Å². The number of carbonyl (C=O) groups is 1. The van der Waals surface area contributed by atoms with Crippen molar-refractivity contribution in [1.82, 2.24) is 15.2 Å². The number of nitrogens with one attached hydrogen (secondary N) is 1. The summed E-state index contributed by atoms with van der Waals surface area (Å²) in [6.45, 7) is 10.7. The summed E-state index contributed by atoms with van der Waals surface area (Å²) in [6, 6.07) is 0.915. The quantitative estimate of drug-likeness (QED) is 0.923. The normalized spacial score (nSPS) is 24.1. The highest BCUT2D eigenvalue weighted by Gasteiger charge is 2.32. The monoisotopic (exact) mass is 325 g/mol. The number of hydrogen-bond acceptors (Lipinski definition) is 5. The summed E-state index contributed by atoms with van der Waals surface area (Å²) >= 11 is 1.67. The van der Waals surface area contributed by atoms with Gasteiger partial charge in [0.05, 0.1) is 5.51 Å². The van der Waals surface area contributed by atoms with Crippen LogP contribution in [0.15, 0.2) is 11.7 Å². The molecule has 1 aromatic rings.